The van der Waals surface area contributed by atoms with Gasteiger partial charge in [0.25, 0.3) is 5.91 Å². The molecule has 2 aromatic rings. The van der Waals surface area contributed by atoms with Crippen LogP contribution in [0.15, 0.2) is 33.5 Å². The minimum Gasteiger partial charge on any atom is -0.493 e. The Labute approximate surface area is 145 Å². The quantitative estimate of drug-likeness (QED) is 0.764. The van der Waals surface area contributed by atoms with Crippen LogP contribution in [0.25, 0.3) is 11.0 Å². The number of methoxy groups -OCH3 is 1. The molecule has 7 nitrogen and oxygen atoms in total. The van der Waals surface area contributed by atoms with Crippen molar-refractivity contribution in [3.05, 3.63) is 40.2 Å². The van der Waals surface area contributed by atoms with E-state index in [0.29, 0.717) is 42.6 Å². The molecule has 1 amide bonds. The maximum absolute atomic E-state index is 12.7. The summed E-state index contributed by atoms with van der Waals surface area (Å²) in [6.45, 7) is 0.596. The number of hydrogen-bond acceptors (Lipinski definition) is 6. The highest BCUT2D eigenvalue weighted by Gasteiger charge is 2.30. The van der Waals surface area contributed by atoms with E-state index in [2.05, 4.69) is 0 Å². The summed E-state index contributed by atoms with van der Waals surface area (Å²) in [6.07, 6.45) is 1.95. The van der Waals surface area contributed by atoms with E-state index in [-0.39, 0.29) is 5.56 Å². The van der Waals surface area contributed by atoms with Gasteiger partial charge in [-0.15, -0.1) is 0 Å². The van der Waals surface area contributed by atoms with Crippen LogP contribution in [0.3, 0.4) is 0 Å². The molecule has 0 atom stereocenters. The maximum atomic E-state index is 12.7. The Hall–Kier alpha value is -2.35. The Kier molecular flexibility index (Phi) is 4.55. The third kappa shape index (κ3) is 3.39. The standard InChI is InChI=1S/C17H19NO6S/c1-23-14-5-3-4-11-10-13(17(20)24-15(11)14)16(19)18-8-6-12(7-9-18)25(2,21)22/h3-5,10,12H,6-9H2,1-2H3. The number of piperidine rings is 1. The van der Waals surface area contributed by atoms with Gasteiger partial charge in [0.1, 0.15) is 15.4 Å². The number of sulfone groups is 1. The molecule has 0 spiro atoms. The summed E-state index contributed by atoms with van der Waals surface area (Å²) in [7, 11) is -1.64. The van der Waals surface area contributed by atoms with Gasteiger partial charge in [-0.05, 0) is 25.0 Å². The van der Waals surface area contributed by atoms with Crippen LogP contribution in [0.4, 0.5) is 0 Å². The largest absolute Gasteiger partial charge is 0.493 e. The fourth-order valence-corrected chi connectivity index (χ4v) is 4.15. The third-order valence-corrected chi connectivity index (χ3v) is 6.19. The van der Waals surface area contributed by atoms with Crippen molar-refractivity contribution >= 4 is 26.7 Å². The summed E-state index contributed by atoms with van der Waals surface area (Å²) in [6, 6.07) is 6.64. The number of para-hydroxylation sites is 1. The highest BCUT2D eigenvalue weighted by molar-refractivity contribution is 7.91. The van der Waals surface area contributed by atoms with E-state index in [1.165, 1.54) is 24.3 Å². The van der Waals surface area contributed by atoms with Gasteiger partial charge in [-0.2, -0.15) is 0 Å². The number of benzene rings is 1. The fraction of sp³-hybridized carbons (Fsp3) is 0.412. The Balaban J connectivity index is 1.88. The van der Waals surface area contributed by atoms with E-state index in [9.17, 15) is 18.0 Å². The van der Waals surface area contributed by atoms with Crippen LogP contribution in [0.2, 0.25) is 0 Å². The topological polar surface area (TPSA) is 93.9 Å². The summed E-state index contributed by atoms with van der Waals surface area (Å²) in [5.41, 5.74) is -0.492. The molecule has 1 aliphatic rings. The van der Waals surface area contributed by atoms with Crippen molar-refractivity contribution in [2.75, 3.05) is 26.5 Å². The number of carbonyl (C=O) groups is 1. The van der Waals surface area contributed by atoms with Crippen LogP contribution in [0, 0.1) is 0 Å². The third-order valence-electron chi connectivity index (χ3n) is 4.51. The number of nitrogens with zero attached hydrogens (tertiary/aromatic N) is 1. The molecule has 0 N–H and O–H groups in total. The Morgan fingerprint density at radius 2 is 1.96 bits per heavy atom. The molecule has 25 heavy (non-hydrogen) atoms. The monoisotopic (exact) mass is 365 g/mol. The second-order valence-corrected chi connectivity index (χ2v) is 8.47. The van der Waals surface area contributed by atoms with E-state index in [4.69, 9.17) is 9.15 Å². The number of carbonyl (C=O) groups excluding carboxylic acids is 1. The first kappa shape index (κ1) is 17.5. The molecule has 1 aromatic heterocycles. The first-order chi connectivity index (χ1) is 11.8. The van der Waals surface area contributed by atoms with E-state index < -0.39 is 26.6 Å². The average Bonchev–Trinajstić information content (AvgIpc) is 2.59. The number of fused-ring (bicyclic) bond motifs is 1. The summed E-state index contributed by atoms with van der Waals surface area (Å²) in [4.78, 5) is 26.4. The predicted octanol–water partition coefficient (Wildman–Crippen LogP) is 1.45. The minimum absolute atomic E-state index is 0.0569. The van der Waals surface area contributed by atoms with Crippen molar-refractivity contribution < 1.29 is 22.4 Å². The molecule has 1 saturated heterocycles. The normalized spacial score (nSPS) is 16.2. The van der Waals surface area contributed by atoms with Crippen LogP contribution < -0.4 is 10.4 Å². The van der Waals surface area contributed by atoms with Gasteiger partial charge >= 0.3 is 5.63 Å². The molecule has 0 bridgehead atoms. The summed E-state index contributed by atoms with van der Waals surface area (Å²) in [5, 5.41) is 0.155. The zero-order valence-electron chi connectivity index (χ0n) is 14.0. The lowest BCUT2D eigenvalue weighted by Crippen LogP contribution is -2.43. The van der Waals surface area contributed by atoms with Gasteiger partial charge in [-0.25, -0.2) is 13.2 Å². The SMILES string of the molecule is COc1cccc2cc(C(=O)N3CCC(S(C)(=O)=O)CC3)c(=O)oc12. The number of hydrogen-bond donors (Lipinski definition) is 0. The molecular formula is C17H19NO6S. The van der Waals surface area contributed by atoms with Gasteiger partial charge in [-0.1, -0.05) is 12.1 Å². The number of ether oxygens (including phenoxy) is 1. The van der Waals surface area contributed by atoms with Crippen LogP contribution in [-0.2, 0) is 9.84 Å². The Bertz CT molecular complexity index is 970. The number of amides is 1. The van der Waals surface area contributed by atoms with Crippen molar-refractivity contribution in [1.82, 2.24) is 4.90 Å². The van der Waals surface area contributed by atoms with E-state index >= 15 is 0 Å². The van der Waals surface area contributed by atoms with Gasteiger partial charge in [0.15, 0.2) is 11.3 Å². The van der Waals surface area contributed by atoms with Gasteiger partial charge in [0, 0.05) is 24.7 Å². The van der Waals surface area contributed by atoms with Crippen LogP contribution in [0.5, 0.6) is 5.75 Å². The molecule has 8 heteroatoms. The lowest BCUT2D eigenvalue weighted by atomic mass is 10.1. The molecule has 0 radical (unpaired) electrons. The van der Waals surface area contributed by atoms with Gasteiger partial charge in [-0.3, -0.25) is 4.79 Å². The smallest absolute Gasteiger partial charge is 0.349 e. The first-order valence-electron chi connectivity index (χ1n) is 7.90. The summed E-state index contributed by atoms with van der Waals surface area (Å²) in [5.74, 6) is -0.0204. The van der Waals surface area contributed by atoms with Gasteiger partial charge < -0.3 is 14.1 Å². The highest BCUT2D eigenvalue weighted by atomic mass is 32.2. The van der Waals surface area contributed by atoms with E-state index in [1.54, 1.807) is 18.2 Å². The lowest BCUT2D eigenvalue weighted by molar-refractivity contribution is 0.0721. The second-order valence-electron chi connectivity index (χ2n) is 6.15. The lowest BCUT2D eigenvalue weighted by Gasteiger charge is -2.30. The van der Waals surface area contributed by atoms with E-state index in [1.807, 2.05) is 0 Å². The number of rotatable bonds is 3. The molecule has 1 fully saturated rings. The van der Waals surface area contributed by atoms with Crippen molar-refractivity contribution in [2.24, 2.45) is 0 Å². The summed E-state index contributed by atoms with van der Waals surface area (Å²) >= 11 is 0. The molecule has 0 aliphatic carbocycles. The molecule has 0 saturated carbocycles. The average molecular weight is 365 g/mol. The zero-order chi connectivity index (χ0) is 18.2. The van der Waals surface area contributed by atoms with Crippen LogP contribution in [-0.4, -0.2) is 50.9 Å². The highest BCUT2D eigenvalue weighted by Crippen LogP contribution is 2.25. The first-order valence-corrected chi connectivity index (χ1v) is 9.85. The second kappa shape index (κ2) is 6.51. The van der Waals surface area contributed by atoms with Gasteiger partial charge in [0.05, 0.1) is 12.4 Å². The zero-order valence-corrected chi connectivity index (χ0v) is 14.8. The van der Waals surface area contributed by atoms with Crippen LogP contribution >= 0.6 is 0 Å². The molecular weight excluding hydrogens is 346 g/mol. The minimum atomic E-state index is -3.12. The molecule has 0 unspecified atom stereocenters. The fourth-order valence-electron chi connectivity index (χ4n) is 3.08. The van der Waals surface area contributed by atoms with Crippen molar-refractivity contribution in [1.29, 1.82) is 0 Å². The van der Waals surface area contributed by atoms with Crippen molar-refractivity contribution in [2.45, 2.75) is 18.1 Å². The van der Waals surface area contributed by atoms with Crippen LogP contribution in [0.1, 0.15) is 23.2 Å². The molecule has 1 aromatic carbocycles. The molecule has 134 valence electrons. The Morgan fingerprint density at radius 1 is 1.28 bits per heavy atom. The Morgan fingerprint density at radius 3 is 2.56 bits per heavy atom. The van der Waals surface area contributed by atoms with E-state index in [0.717, 1.165) is 0 Å². The maximum Gasteiger partial charge on any atom is 0.349 e. The molecule has 2 heterocycles. The molecule has 3 rings (SSSR count). The van der Waals surface area contributed by atoms with Gasteiger partial charge in [0.2, 0.25) is 0 Å². The molecule has 1 aliphatic heterocycles. The predicted molar refractivity (Wildman–Crippen MR) is 92.8 cm³/mol. The van der Waals surface area contributed by atoms with Crippen molar-refractivity contribution in [3.8, 4) is 5.75 Å². The summed E-state index contributed by atoms with van der Waals surface area (Å²) < 4.78 is 33.7. The van der Waals surface area contributed by atoms with Crippen molar-refractivity contribution in [3.63, 3.8) is 0 Å². The number of likely N-dealkylation sites (tertiary alicyclic amines) is 1.